The summed E-state index contributed by atoms with van der Waals surface area (Å²) in [4.78, 5) is 23.4. The topological polar surface area (TPSA) is 70.7 Å². The van der Waals surface area contributed by atoms with E-state index in [9.17, 15) is 4.79 Å². The molecule has 0 atom stereocenters. The number of H-pyrrole nitrogens is 1. The van der Waals surface area contributed by atoms with Gasteiger partial charge in [0.1, 0.15) is 0 Å². The Morgan fingerprint density at radius 1 is 1.32 bits per heavy atom. The van der Waals surface area contributed by atoms with Gasteiger partial charge < -0.3 is 10.3 Å². The molecule has 0 radical (unpaired) electrons. The zero-order valence-electron chi connectivity index (χ0n) is 10.4. The molecule has 0 aliphatic heterocycles. The van der Waals surface area contributed by atoms with Crippen LogP contribution in [0.25, 0.3) is 11.0 Å². The van der Waals surface area contributed by atoms with Crippen molar-refractivity contribution in [1.82, 2.24) is 20.3 Å². The molecule has 6 heteroatoms. The molecule has 1 aliphatic carbocycles. The van der Waals surface area contributed by atoms with Crippen molar-refractivity contribution in [2.24, 2.45) is 0 Å². The molecule has 3 rings (SSSR count). The Morgan fingerprint density at radius 3 is 2.89 bits per heavy atom. The number of nitrogens with one attached hydrogen (secondary N) is 2. The number of nitrogens with zero attached hydrogens (tertiary/aromatic N) is 2. The van der Waals surface area contributed by atoms with Crippen molar-refractivity contribution in [2.45, 2.75) is 38.1 Å². The highest BCUT2D eigenvalue weighted by atomic mass is 35.5. The van der Waals surface area contributed by atoms with E-state index < -0.39 is 0 Å². The Kier molecular flexibility index (Phi) is 3.38. The number of carbonyl (C=O) groups excluding carboxylic acids is 1. The van der Waals surface area contributed by atoms with Crippen LogP contribution in [0.15, 0.2) is 12.3 Å². The Balaban J connectivity index is 1.86. The highest BCUT2D eigenvalue weighted by Gasteiger charge is 2.20. The van der Waals surface area contributed by atoms with Gasteiger partial charge in [-0.3, -0.25) is 4.79 Å². The van der Waals surface area contributed by atoms with Gasteiger partial charge in [-0.15, -0.1) is 0 Å². The normalized spacial score (nSPS) is 16.7. The molecule has 1 amide bonds. The number of halogens is 1. The lowest BCUT2D eigenvalue weighted by atomic mass is 9.95. The molecule has 0 aromatic carbocycles. The number of hydrogen-bond acceptors (Lipinski definition) is 3. The minimum Gasteiger partial charge on any atom is -0.358 e. The standard InChI is InChI=1S/C13H15ClN4O/c14-13-17-9-6-7-15-10(9)11(18-13)12(19)16-8-4-2-1-3-5-8/h6-8,15H,1-5H2,(H,16,19). The van der Waals surface area contributed by atoms with Gasteiger partial charge in [0.05, 0.1) is 11.0 Å². The van der Waals surface area contributed by atoms with Crippen molar-refractivity contribution < 1.29 is 4.79 Å². The molecule has 0 spiro atoms. The molecular formula is C13H15ClN4O. The van der Waals surface area contributed by atoms with E-state index in [0.717, 1.165) is 12.8 Å². The fourth-order valence-electron chi connectivity index (χ4n) is 2.58. The molecule has 5 nitrogen and oxygen atoms in total. The third-order valence-corrected chi connectivity index (χ3v) is 3.70. The summed E-state index contributed by atoms with van der Waals surface area (Å²) >= 11 is 5.85. The third kappa shape index (κ3) is 2.56. The number of fused-ring (bicyclic) bond motifs is 1. The van der Waals surface area contributed by atoms with Crippen LogP contribution in [0.2, 0.25) is 5.28 Å². The molecule has 1 saturated carbocycles. The minimum absolute atomic E-state index is 0.0981. The van der Waals surface area contributed by atoms with Crippen molar-refractivity contribution in [2.75, 3.05) is 0 Å². The molecule has 2 N–H and O–H groups in total. The van der Waals surface area contributed by atoms with Gasteiger partial charge in [0.15, 0.2) is 5.69 Å². The summed E-state index contributed by atoms with van der Waals surface area (Å²) in [5.74, 6) is -0.177. The summed E-state index contributed by atoms with van der Waals surface area (Å²) in [5.41, 5.74) is 1.62. The van der Waals surface area contributed by atoms with Crippen molar-refractivity contribution in [3.05, 3.63) is 23.2 Å². The monoisotopic (exact) mass is 278 g/mol. The maximum Gasteiger partial charge on any atom is 0.272 e. The van der Waals surface area contributed by atoms with E-state index in [-0.39, 0.29) is 17.2 Å². The van der Waals surface area contributed by atoms with Gasteiger partial charge in [0, 0.05) is 12.2 Å². The van der Waals surface area contributed by atoms with Crippen LogP contribution < -0.4 is 5.32 Å². The van der Waals surface area contributed by atoms with E-state index >= 15 is 0 Å². The second-order valence-electron chi connectivity index (χ2n) is 4.89. The molecular weight excluding hydrogens is 264 g/mol. The maximum absolute atomic E-state index is 12.3. The number of amides is 1. The smallest absolute Gasteiger partial charge is 0.272 e. The number of rotatable bonds is 2. The highest BCUT2D eigenvalue weighted by molar-refractivity contribution is 6.29. The predicted molar refractivity (Wildman–Crippen MR) is 73.2 cm³/mol. The summed E-state index contributed by atoms with van der Waals surface area (Å²) in [5, 5.41) is 3.13. The maximum atomic E-state index is 12.3. The largest absolute Gasteiger partial charge is 0.358 e. The SMILES string of the molecule is O=C(NC1CCCCC1)c1nc(Cl)nc2cc[nH]c12. The average molecular weight is 279 g/mol. The second-order valence-corrected chi connectivity index (χ2v) is 5.23. The van der Waals surface area contributed by atoms with Gasteiger partial charge in [-0.1, -0.05) is 19.3 Å². The van der Waals surface area contributed by atoms with Crippen molar-refractivity contribution in [3.8, 4) is 0 Å². The summed E-state index contributed by atoms with van der Waals surface area (Å²) in [7, 11) is 0. The number of hydrogen-bond donors (Lipinski definition) is 2. The van der Waals surface area contributed by atoms with Crippen LogP contribution in [0, 0.1) is 0 Å². The van der Waals surface area contributed by atoms with Crippen molar-refractivity contribution >= 4 is 28.5 Å². The van der Waals surface area contributed by atoms with Crippen LogP contribution in [0.1, 0.15) is 42.6 Å². The summed E-state index contributed by atoms with van der Waals surface area (Å²) < 4.78 is 0. The molecule has 1 fully saturated rings. The van der Waals surface area contributed by atoms with Crippen LogP contribution in [0.3, 0.4) is 0 Å². The fourth-order valence-corrected chi connectivity index (χ4v) is 2.76. The summed E-state index contributed by atoms with van der Waals surface area (Å²) in [6.45, 7) is 0. The average Bonchev–Trinajstić information content (AvgIpc) is 2.86. The number of carbonyl (C=O) groups is 1. The number of aromatic amines is 1. The number of aromatic nitrogens is 3. The van der Waals surface area contributed by atoms with Crippen LogP contribution >= 0.6 is 11.6 Å². The fraction of sp³-hybridized carbons (Fsp3) is 0.462. The van der Waals surface area contributed by atoms with Crippen LogP contribution in [-0.4, -0.2) is 26.9 Å². The van der Waals surface area contributed by atoms with Crippen molar-refractivity contribution in [1.29, 1.82) is 0 Å². The Morgan fingerprint density at radius 2 is 2.11 bits per heavy atom. The summed E-state index contributed by atoms with van der Waals surface area (Å²) in [6, 6.07) is 2.03. The first kappa shape index (κ1) is 12.4. The van der Waals surface area contributed by atoms with Gasteiger partial charge in [-0.25, -0.2) is 9.97 Å². The van der Waals surface area contributed by atoms with E-state index in [1.165, 1.54) is 19.3 Å². The molecule has 0 bridgehead atoms. The molecule has 19 heavy (non-hydrogen) atoms. The lowest BCUT2D eigenvalue weighted by molar-refractivity contribution is 0.0924. The van der Waals surface area contributed by atoms with Gasteiger partial charge in [-0.2, -0.15) is 0 Å². The Bertz CT molecular complexity index is 604. The Hall–Kier alpha value is -1.62. The molecule has 2 aromatic rings. The molecule has 0 saturated heterocycles. The molecule has 2 heterocycles. The van der Waals surface area contributed by atoms with E-state index in [4.69, 9.17) is 11.6 Å². The van der Waals surface area contributed by atoms with E-state index in [1.54, 1.807) is 12.3 Å². The van der Waals surface area contributed by atoms with E-state index in [0.29, 0.717) is 16.7 Å². The van der Waals surface area contributed by atoms with Crippen molar-refractivity contribution in [3.63, 3.8) is 0 Å². The van der Waals surface area contributed by atoms with E-state index in [1.807, 2.05) is 0 Å². The van der Waals surface area contributed by atoms with E-state index in [2.05, 4.69) is 20.3 Å². The lowest BCUT2D eigenvalue weighted by Gasteiger charge is -2.22. The van der Waals surface area contributed by atoms with Gasteiger partial charge in [0.25, 0.3) is 5.91 Å². The highest BCUT2D eigenvalue weighted by Crippen LogP contribution is 2.20. The molecule has 0 unspecified atom stereocenters. The van der Waals surface area contributed by atoms with Gasteiger partial charge in [-0.05, 0) is 30.5 Å². The van der Waals surface area contributed by atoms with Gasteiger partial charge in [0.2, 0.25) is 5.28 Å². The first-order chi connectivity index (χ1) is 9.24. The van der Waals surface area contributed by atoms with Crippen LogP contribution in [0.4, 0.5) is 0 Å². The quantitative estimate of drug-likeness (QED) is 0.830. The zero-order chi connectivity index (χ0) is 13.2. The Labute approximate surface area is 115 Å². The molecule has 2 aromatic heterocycles. The molecule has 1 aliphatic rings. The molecule has 100 valence electrons. The summed E-state index contributed by atoms with van der Waals surface area (Å²) in [6.07, 6.45) is 7.41. The minimum atomic E-state index is -0.177. The first-order valence-corrected chi connectivity index (χ1v) is 6.93. The van der Waals surface area contributed by atoms with Gasteiger partial charge >= 0.3 is 0 Å². The van der Waals surface area contributed by atoms with Crippen LogP contribution in [-0.2, 0) is 0 Å². The lowest BCUT2D eigenvalue weighted by Crippen LogP contribution is -2.36. The zero-order valence-corrected chi connectivity index (χ0v) is 11.2. The third-order valence-electron chi connectivity index (χ3n) is 3.53. The first-order valence-electron chi connectivity index (χ1n) is 6.55. The predicted octanol–water partition coefficient (Wildman–Crippen LogP) is 2.67. The van der Waals surface area contributed by atoms with Crippen LogP contribution in [0.5, 0.6) is 0 Å². The second kappa shape index (κ2) is 5.17.